The Morgan fingerprint density at radius 1 is 0.917 bits per heavy atom. The zero-order valence-electron chi connectivity index (χ0n) is 20.2. The van der Waals surface area contributed by atoms with Gasteiger partial charge in [-0.3, -0.25) is 4.79 Å². The van der Waals surface area contributed by atoms with Crippen molar-refractivity contribution in [3.05, 3.63) is 113 Å². The van der Waals surface area contributed by atoms with Crippen molar-refractivity contribution in [2.45, 2.75) is 32.5 Å². The summed E-state index contributed by atoms with van der Waals surface area (Å²) in [4.78, 5) is 31.4. The normalized spacial score (nSPS) is 14.1. The highest BCUT2D eigenvalue weighted by molar-refractivity contribution is 5.67. The molecule has 0 aliphatic carbocycles. The van der Waals surface area contributed by atoms with Crippen LogP contribution in [0.2, 0.25) is 0 Å². The molecule has 7 heteroatoms. The average molecular weight is 483 g/mol. The van der Waals surface area contributed by atoms with Crippen molar-refractivity contribution in [1.29, 1.82) is 0 Å². The monoisotopic (exact) mass is 482 g/mol. The highest BCUT2D eigenvalue weighted by Crippen LogP contribution is 2.21. The van der Waals surface area contributed by atoms with Crippen LogP contribution in [0, 0.1) is 5.92 Å². The minimum Gasteiger partial charge on any atom is -0.445 e. The van der Waals surface area contributed by atoms with Crippen LogP contribution in [0.15, 0.2) is 96.3 Å². The number of nitrogens with zero attached hydrogens (tertiary/aromatic N) is 4. The van der Waals surface area contributed by atoms with Crippen molar-refractivity contribution >= 4 is 6.09 Å². The second kappa shape index (κ2) is 11.1. The number of piperidine rings is 1. The summed E-state index contributed by atoms with van der Waals surface area (Å²) < 4.78 is 9.33. The molecule has 2 aromatic carbocycles. The van der Waals surface area contributed by atoms with Crippen LogP contribution in [0.4, 0.5) is 4.79 Å². The third-order valence-corrected chi connectivity index (χ3v) is 6.77. The van der Waals surface area contributed by atoms with E-state index < -0.39 is 0 Å². The van der Waals surface area contributed by atoms with Gasteiger partial charge in [-0.25, -0.2) is 9.78 Å². The minimum absolute atomic E-state index is 0.0357. The van der Waals surface area contributed by atoms with E-state index in [1.54, 1.807) is 15.5 Å². The largest absolute Gasteiger partial charge is 0.445 e. The van der Waals surface area contributed by atoms with Crippen LogP contribution in [0.25, 0.3) is 11.1 Å². The van der Waals surface area contributed by atoms with E-state index in [0.717, 1.165) is 41.8 Å². The summed E-state index contributed by atoms with van der Waals surface area (Å²) in [6.07, 6.45) is 7.07. The Kier molecular flexibility index (Phi) is 7.26. The first-order chi connectivity index (χ1) is 17.7. The van der Waals surface area contributed by atoms with E-state index in [-0.39, 0.29) is 11.7 Å². The Morgan fingerprint density at radius 2 is 1.64 bits per heavy atom. The molecule has 0 unspecified atom stereocenters. The van der Waals surface area contributed by atoms with Crippen molar-refractivity contribution in [2.24, 2.45) is 5.92 Å². The Morgan fingerprint density at radius 3 is 2.36 bits per heavy atom. The lowest BCUT2D eigenvalue weighted by atomic mass is 9.97. The highest BCUT2D eigenvalue weighted by atomic mass is 16.6. The van der Waals surface area contributed by atoms with Gasteiger partial charge in [0.05, 0.1) is 18.6 Å². The number of hydrogen-bond acceptors (Lipinski definition) is 4. The molecule has 36 heavy (non-hydrogen) atoms. The van der Waals surface area contributed by atoms with Crippen molar-refractivity contribution in [1.82, 2.24) is 19.0 Å². The van der Waals surface area contributed by atoms with Crippen LogP contribution in [0.3, 0.4) is 0 Å². The zero-order valence-corrected chi connectivity index (χ0v) is 20.2. The van der Waals surface area contributed by atoms with Gasteiger partial charge in [0.25, 0.3) is 5.56 Å². The summed E-state index contributed by atoms with van der Waals surface area (Å²) in [5.74, 6) is 0.438. The van der Waals surface area contributed by atoms with Crippen LogP contribution in [-0.2, 0) is 24.4 Å². The fourth-order valence-electron chi connectivity index (χ4n) is 4.65. The number of hydrogen-bond donors (Lipinski definition) is 0. The van der Waals surface area contributed by atoms with Crippen LogP contribution in [0.1, 0.15) is 24.1 Å². The zero-order chi connectivity index (χ0) is 24.7. The lowest BCUT2D eigenvalue weighted by Crippen LogP contribution is -2.39. The molecule has 1 fully saturated rings. The summed E-state index contributed by atoms with van der Waals surface area (Å²) >= 11 is 0. The first-order valence-electron chi connectivity index (χ1n) is 12.4. The van der Waals surface area contributed by atoms with Crippen LogP contribution >= 0.6 is 0 Å². The molecule has 1 aliphatic heterocycles. The van der Waals surface area contributed by atoms with Gasteiger partial charge in [-0.15, -0.1) is 0 Å². The molecule has 0 spiro atoms. The smallest absolute Gasteiger partial charge is 0.410 e. The van der Waals surface area contributed by atoms with E-state index >= 15 is 0 Å². The number of benzene rings is 2. The van der Waals surface area contributed by atoms with Gasteiger partial charge in [0.2, 0.25) is 0 Å². The van der Waals surface area contributed by atoms with Gasteiger partial charge in [0, 0.05) is 38.1 Å². The number of likely N-dealkylation sites (tertiary alicyclic amines) is 1. The average Bonchev–Trinajstić information content (AvgIpc) is 3.36. The molecule has 0 bridgehead atoms. The van der Waals surface area contributed by atoms with E-state index in [1.807, 2.05) is 85.5 Å². The molecule has 1 aliphatic rings. The standard InChI is InChI=1S/C29H30N4O3/c34-28-17-26(25-9-5-2-6-10-25)13-16-32(28)20-27-18-30-22-33(27)19-23-11-14-31(15-12-23)29(35)36-21-24-7-3-1-4-8-24/h1-10,13,16-18,22-23H,11-12,14-15,19-21H2. The molecule has 4 aromatic rings. The number of amides is 1. The van der Waals surface area contributed by atoms with Crippen molar-refractivity contribution < 1.29 is 9.53 Å². The van der Waals surface area contributed by atoms with Crippen LogP contribution in [0.5, 0.6) is 0 Å². The Hall–Kier alpha value is -4.13. The predicted octanol–water partition coefficient (Wildman–Crippen LogP) is 4.81. The molecular weight excluding hydrogens is 452 g/mol. The molecule has 7 nitrogen and oxygen atoms in total. The Balaban J connectivity index is 1.15. The van der Waals surface area contributed by atoms with Crippen LogP contribution in [-0.4, -0.2) is 38.2 Å². The number of carbonyl (C=O) groups is 1. The summed E-state index contributed by atoms with van der Waals surface area (Å²) in [6, 6.07) is 23.3. The van der Waals surface area contributed by atoms with Gasteiger partial charge in [-0.05, 0) is 41.5 Å². The van der Waals surface area contributed by atoms with Gasteiger partial charge in [0.15, 0.2) is 0 Å². The summed E-state index contributed by atoms with van der Waals surface area (Å²) in [5.41, 5.74) is 3.89. The van der Waals surface area contributed by atoms with Gasteiger partial charge < -0.3 is 18.8 Å². The molecule has 0 N–H and O–H groups in total. The first kappa shape index (κ1) is 23.6. The molecule has 0 radical (unpaired) electrons. The van der Waals surface area contributed by atoms with Gasteiger partial charge in [0.1, 0.15) is 6.61 Å². The quantitative estimate of drug-likeness (QED) is 0.379. The number of ether oxygens (including phenoxy) is 1. The Bertz CT molecular complexity index is 1340. The number of rotatable bonds is 7. The number of carbonyl (C=O) groups excluding carboxylic acids is 1. The van der Waals surface area contributed by atoms with Gasteiger partial charge in [-0.2, -0.15) is 0 Å². The Labute approximate surface area is 210 Å². The van der Waals surface area contributed by atoms with Crippen molar-refractivity contribution in [3.63, 3.8) is 0 Å². The number of imidazole rings is 1. The number of pyridine rings is 1. The maximum Gasteiger partial charge on any atom is 0.410 e. The van der Waals surface area contributed by atoms with Gasteiger partial charge in [-0.1, -0.05) is 60.7 Å². The molecule has 1 amide bonds. The van der Waals surface area contributed by atoms with Crippen molar-refractivity contribution in [3.8, 4) is 11.1 Å². The third kappa shape index (κ3) is 5.74. The van der Waals surface area contributed by atoms with Gasteiger partial charge >= 0.3 is 6.09 Å². The topological polar surface area (TPSA) is 69.4 Å². The molecule has 5 rings (SSSR count). The summed E-state index contributed by atoms with van der Waals surface area (Å²) in [6.45, 7) is 2.95. The van der Waals surface area contributed by atoms with E-state index in [0.29, 0.717) is 32.2 Å². The molecule has 0 atom stereocenters. The van der Waals surface area contributed by atoms with Crippen LogP contribution < -0.4 is 5.56 Å². The summed E-state index contributed by atoms with van der Waals surface area (Å²) in [5, 5.41) is 0. The SMILES string of the molecule is O=C(OCc1ccccc1)N1CCC(Cn2cncc2Cn2ccc(-c3ccccc3)cc2=O)CC1. The molecule has 0 saturated carbocycles. The molecular formula is C29H30N4O3. The molecule has 184 valence electrons. The second-order valence-electron chi connectivity index (χ2n) is 9.26. The third-order valence-electron chi connectivity index (χ3n) is 6.77. The number of aromatic nitrogens is 3. The molecule has 2 aromatic heterocycles. The summed E-state index contributed by atoms with van der Waals surface area (Å²) in [7, 11) is 0. The van der Waals surface area contributed by atoms with E-state index in [9.17, 15) is 9.59 Å². The van der Waals surface area contributed by atoms with Crippen molar-refractivity contribution in [2.75, 3.05) is 13.1 Å². The second-order valence-corrected chi connectivity index (χ2v) is 9.26. The first-order valence-corrected chi connectivity index (χ1v) is 12.4. The fraction of sp³-hybridized carbons (Fsp3) is 0.276. The minimum atomic E-state index is -0.251. The lowest BCUT2D eigenvalue weighted by Gasteiger charge is -2.31. The predicted molar refractivity (Wildman–Crippen MR) is 138 cm³/mol. The maximum absolute atomic E-state index is 12.8. The maximum atomic E-state index is 12.8. The molecule has 1 saturated heterocycles. The van der Waals surface area contributed by atoms with E-state index in [1.165, 1.54) is 0 Å². The fourth-order valence-corrected chi connectivity index (χ4v) is 4.65. The van der Waals surface area contributed by atoms with E-state index in [4.69, 9.17) is 4.74 Å². The lowest BCUT2D eigenvalue weighted by molar-refractivity contribution is 0.0806. The molecule has 3 heterocycles. The highest BCUT2D eigenvalue weighted by Gasteiger charge is 2.24. The van der Waals surface area contributed by atoms with E-state index in [2.05, 4.69) is 9.55 Å².